The molecule has 0 spiro atoms. The zero-order chi connectivity index (χ0) is 57.3. The van der Waals surface area contributed by atoms with Crippen molar-refractivity contribution in [3.8, 4) is 0 Å². The van der Waals surface area contributed by atoms with Crippen LogP contribution in [0, 0.1) is 5.92 Å². The summed E-state index contributed by atoms with van der Waals surface area (Å²) in [7, 11) is -19.8. The van der Waals surface area contributed by atoms with Crippen molar-refractivity contribution >= 4 is 88.4 Å². The smallest absolute Gasteiger partial charge is 0.449 e. The molecule has 16 atom stereocenters. The van der Waals surface area contributed by atoms with Crippen LogP contribution in [0.5, 0.6) is 0 Å². The van der Waals surface area contributed by atoms with E-state index in [9.17, 15) is 67.5 Å². The first-order valence-corrected chi connectivity index (χ1v) is 28.7. The number of carbonyl (C=O) groups excluding carboxylic acids is 1. The molecule has 3 fully saturated rings. The van der Waals surface area contributed by atoms with Gasteiger partial charge in [0.05, 0.1) is 51.5 Å². The van der Waals surface area contributed by atoms with Crippen LogP contribution in [0.1, 0.15) is 18.7 Å². The van der Waals surface area contributed by atoms with Crippen molar-refractivity contribution in [3.63, 3.8) is 0 Å². The second-order valence-electron chi connectivity index (χ2n) is 17.5. The number of alkyl carbamates (subject to hydrolysis) is 1. The first kappa shape index (κ1) is 57.9. The Balaban J connectivity index is 0.894. The molecule has 1 amide bonds. The number of carbonyl (C=O) groups is 1. The lowest BCUT2D eigenvalue weighted by atomic mass is 9.99. The molecule has 3 aliphatic rings. The number of hydrogen-bond acceptors (Lipinski definition) is 29. The number of nitrogens with one attached hydrogen (secondary N) is 3. The number of fused-ring (bicyclic) bond motifs is 3. The van der Waals surface area contributed by atoms with Crippen molar-refractivity contribution in [1.82, 2.24) is 58.9 Å². The lowest BCUT2D eigenvalue weighted by Gasteiger charge is -2.28. The van der Waals surface area contributed by atoms with Crippen LogP contribution in [-0.2, 0) is 71.2 Å². The third-order valence-corrected chi connectivity index (χ3v) is 18.7. The van der Waals surface area contributed by atoms with Crippen molar-refractivity contribution < 1.29 is 108 Å². The molecule has 0 aromatic carbocycles. The number of aromatic nitrogens is 12. The van der Waals surface area contributed by atoms with E-state index < -0.39 is 148 Å². The molecular formula is C35H49N16O24P4+. The Morgan fingerprint density at radius 1 is 0.747 bits per heavy atom. The van der Waals surface area contributed by atoms with Gasteiger partial charge < -0.3 is 85.6 Å². The van der Waals surface area contributed by atoms with E-state index in [1.165, 1.54) is 34.1 Å². The number of H-pyrrole nitrogens is 2. The number of methoxy groups -OCH3 is 1. The number of rotatable bonds is 20. The molecule has 3 saturated heterocycles. The zero-order valence-electron chi connectivity index (χ0n) is 40.6. The Labute approximate surface area is 438 Å². The van der Waals surface area contributed by atoms with E-state index in [0.29, 0.717) is 0 Å². The van der Waals surface area contributed by atoms with Crippen LogP contribution in [0.25, 0.3) is 33.5 Å². The van der Waals surface area contributed by atoms with E-state index in [0.717, 1.165) is 30.7 Å². The molecule has 432 valence electrons. The molecule has 0 bridgehead atoms. The maximum atomic E-state index is 14.4. The van der Waals surface area contributed by atoms with E-state index in [1.54, 1.807) is 0 Å². The molecule has 40 nitrogen and oxygen atoms in total. The van der Waals surface area contributed by atoms with Gasteiger partial charge in [-0.2, -0.15) is 13.6 Å². The fourth-order valence-corrected chi connectivity index (χ4v) is 14.3. The number of phosphoric ester groups is 2. The molecule has 0 radical (unpaired) electrons. The third-order valence-electron chi connectivity index (χ3n) is 12.5. The molecule has 44 heteroatoms. The van der Waals surface area contributed by atoms with Crippen molar-refractivity contribution in [2.45, 2.75) is 67.1 Å². The lowest BCUT2D eigenvalue weighted by molar-refractivity contribution is -0.745. The fraction of sp³-hybridized carbons (Fsp3) is 0.543. The quantitative estimate of drug-likeness (QED) is 0.0256. The minimum atomic E-state index is -6.26. The monoisotopic (exact) mass is 1200 g/mol. The summed E-state index contributed by atoms with van der Waals surface area (Å²) >= 11 is 0. The number of aromatic amines is 2. The first-order valence-electron chi connectivity index (χ1n) is 22.6. The Morgan fingerprint density at radius 3 is 2.03 bits per heavy atom. The molecule has 6 aromatic rings. The van der Waals surface area contributed by atoms with Gasteiger partial charge in [0.15, 0.2) is 41.4 Å². The Kier molecular flexibility index (Phi) is 16.1. The average molecular weight is 1200 g/mol. The number of aliphatic hydroxyl groups is 3. The minimum absolute atomic E-state index is 0.0147. The second kappa shape index (κ2) is 21.9. The van der Waals surface area contributed by atoms with E-state index in [2.05, 4.69) is 53.8 Å². The predicted molar refractivity (Wildman–Crippen MR) is 256 cm³/mol. The molecule has 9 heterocycles. The van der Waals surface area contributed by atoms with Gasteiger partial charge >= 0.3 is 42.8 Å². The third kappa shape index (κ3) is 11.6. The number of hydrogen-bond donors (Lipinski definition) is 13. The summed E-state index contributed by atoms with van der Waals surface area (Å²) in [5, 5.41) is 35.6. The van der Waals surface area contributed by atoms with Crippen molar-refractivity contribution in [3.05, 3.63) is 46.0 Å². The van der Waals surface area contributed by atoms with Gasteiger partial charge in [-0.15, -0.1) is 0 Å². The normalized spacial score (nSPS) is 29.4. The summed E-state index contributed by atoms with van der Waals surface area (Å²) < 4.78 is 111. The summed E-state index contributed by atoms with van der Waals surface area (Å²) in [6, 6.07) is 0. The van der Waals surface area contributed by atoms with E-state index in [-0.39, 0.29) is 51.2 Å². The molecule has 0 aliphatic carbocycles. The number of aliphatic hydroxyl groups excluding tert-OH is 3. The molecule has 16 N–H and O–H groups in total. The number of nitrogens with zero attached hydrogens (tertiary/aromatic N) is 10. The van der Waals surface area contributed by atoms with Gasteiger partial charge in [-0.3, -0.25) is 46.9 Å². The predicted octanol–water partition coefficient (Wildman–Crippen LogP) is -4.03. The van der Waals surface area contributed by atoms with Gasteiger partial charge in [-0.1, -0.05) is 4.98 Å². The van der Waals surface area contributed by atoms with Gasteiger partial charge in [0.1, 0.15) is 60.7 Å². The highest BCUT2D eigenvalue weighted by Gasteiger charge is 2.58. The summed E-state index contributed by atoms with van der Waals surface area (Å²) in [4.78, 5) is 109. The summed E-state index contributed by atoms with van der Waals surface area (Å²) in [6.07, 6.45) is -12.9. The van der Waals surface area contributed by atoms with Crippen molar-refractivity contribution in [2.24, 2.45) is 13.0 Å². The lowest BCUT2D eigenvalue weighted by Crippen LogP contribution is -2.45. The number of aryl methyl sites for hydroxylation is 1. The summed E-state index contributed by atoms with van der Waals surface area (Å²) in [5.41, 5.74) is 13.5. The number of imidazole rings is 3. The highest BCUT2D eigenvalue weighted by molar-refractivity contribution is 7.66. The SMILES string of the molecule is CNC(=O)OC[C@H]1[C@@H](O)[C@H]([n+]2cn(C)c3c(=O)[nH]c(N)nc32)O[C@@H]1COP(=O)(O)OP(=O)(O)OP(=O)(O)OC[C@H]1O[C@@H](n2cnc3c(N)ncnc32)[C@H](OC)[C@@H]1P(=O)(O)OC[C@H]1O[C@@H](n2cnc3c(=O)[nH]c(N)nc32)[C@H](O)[C@@H]1O. The standard InChI is InChI=1S/C35H48N16O24P4/c1-39-35(57)67-4-12-13(71-30(19(12)52)51-11-48(2)18-27(51)45-34(38)47-29(18)56)5-69-77(60,61)74-79(64,65)75-78(62,63)70-7-15-23(22(66-3)32(73-15)49-9-42-16-24(36)40-8-41-25(16)49)76(58,59)68-6-14-20(53)21(54)31(72-14)50-10-43-17-26(50)44-33(37)46-28(17)55/h8-15,19-23,30-32,52-54H,4-7H2,1-3H3,(H12-,36,37,38,39,40,41,44,45,46,47,55,56,57,58,59,60,61,62,63,64,65)/p+1/t12-,13-,14-,15-,19-,20-,21-,22-,23-,30-,31-,32-/m1/s1. The summed E-state index contributed by atoms with van der Waals surface area (Å²) in [6.45, 7) is -4.03. The zero-order valence-corrected chi connectivity index (χ0v) is 44.2. The maximum Gasteiger partial charge on any atom is 0.490 e. The van der Waals surface area contributed by atoms with E-state index in [4.69, 9.17) is 54.5 Å². The van der Waals surface area contributed by atoms with Gasteiger partial charge in [0, 0.05) is 14.2 Å². The fourth-order valence-electron chi connectivity index (χ4n) is 9.03. The van der Waals surface area contributed by atoms with Crippen LogP contribution in [0.2, 0.25) is 0 Å². The highest BCUT2D eigenvalue weighted by atomic mass is 31.3. The van der Waals surface area contributed by atoms with Gasteiger partial charge in [-0.05, 0) is 0 Å². The number of ether oxygens (including phenoxy) is 5. The van der Waals surface area contributed by atoms with Crippen LogP contribution in [0.15, 0.2) is 34.9 Å². The first-order chi connectivity index (χ1) is 37.1. The highest BCUT2D eigenvalue weighted by Crippen LogP contribution is 2.68. The number of anilines is 3. The Hall–Kier alpha value is -5.80. The molecule has 6 aromatic heterocycles. The number of amides is 1. The molecule has 79 heavy (non-hydrogen) atoms. The average Bonchev–Trinajstić information content (AvgIpc) is 4.44. The van der Waals surface area contributed by atoms with Crippen LogP contribution in [0.3, 0.4) is 0 Å². The number of nitrogens with two attached hydrogens (primary N) is 3. The minimum Gasteiger partial charge on any atom is -0.449 e. The number of nitrogen functional groups attached to an aromatic ring is 3. The topological polar surface area (TPSA) is 571 Å². The summed E-state index contributed by atoms with van der Waals surface area (Å²) in [5.74, 6) is -2.05. The molecule has 0 saturated carbocycles. The second-order valence-corrected chi connectivity index (χ2v) is 24.1. The van der Waals surface area contributed by atoms with Crippen molar-refractivity contribution in [2.75, 3.05) is 57.8 Å². The van der Waals surface area contributed by atoms with E-state index >= 15 is 0 Å². The van der Waals surface area contributed by atoms with Crippen LogP contribution < -0.4 is 38.2 Å². The van der Waals surface area contributed by atoms with Gasteiger partial charge in [0.25, 0.3) is 17.1 Å². The van der Waals surface area contributed by atoms with Crippen LogP contribution in [-0.4, -0.2) is 184 Å². The van der Waals surface area contributed by atoms with Gasteiger partial charge in [-0.25, -0.2) is 43.0 Å². The molecular weight excluding hydrogens is 1150 g/mol. The Bertz CT molecular complexity index is 3620. The largest absolute Gasteiger partial charge is 0.490 e. The van der Waals surface area contributed by atoms with Crippen molar-refractivity contribution in [1.29, 1.82) is 0 Å². The van der Waals surface area contributed by atoms with E-state index in [1.807, 2.05) is 0 Å². The molecule has 4 unspecified atom stereocenters. The molecule has 3 aliphatic heterocycles. The molecule has 9 rings (SSSR count). The maximum absolute atomic E-state index is 14.4. The Morgan fingerprint density at radius 2 is 1.35 bits per heavy atom. The van der Waals surface area contributed by atoms with Crippen LogP contribution >= 0.6 is 31.1 Å². The number of phosphoric acid groups is 3. The van der Waals surface area contributed by atoms with Crippen LogP contribution in [0.4, 0.5) is 22.5 Å². The van der Waals surface area contributed by atoms with Gasteiger partial charge in [0.2, 0.25) is 17.7 Å².